The number of allylic oxidation sites excluding steroid dienone is 2. The van der Waals surface area contributed by atoms with Crippen LogP contribution < -0.4 is 10.6 Å². The zero-order valence-electron chi connectivity index (χ0n) is 63.9. The van der Waals surface area contributed by atoms with Crippen LogP contribution in [0.4, 0.5) is 0 Å². The number of methoxy groups -OCH3 is 1. The lowest BCUT2D eigenvalue weighted by molar-refractivity contribution is -0.270. The largest absolute Gasteiger partial charge is 0.481 e. The van der Waals surface area contributed by atoms with Gasteiger partial charge in [0.2, 0.25) is 0 Å². The summed E-state index contributed by atoms with van der Waals surface area (Å²) in [5.74, 6) is 2.03. The molecule has 0 aromatic carbocycles. The molecule has 17 heteroatoms. The van der Waals surface area contributed by atoms with Crippen LogP contribution >= 0.6 is 0 Å². The number of aromatic amines is 1. The summed E-state index contributed by atoms with van der Waals surface area (Å²) in [7, 11) is 5.93. The standard InChI is InChI=1S/C39H64N4O4.C38H65NO5.C2H3N3/c1-24(2)26(5)34(6)16-17-36(8)27-12-13-30-35(7)19-46-21-39(30,28(27)14-15-37(36,9)31(34)33(44)45)18-29(43-23-41-22-42-43)32(35)47-20-38(10,40-11)25(3)4;1-23(2)25(5)33(6)17-18-35(8)26-13-14-29-34(7)20-43-22-38(29,27(26)15-16-36(35,9)30(33)32(40)41)19-28(42-12)31(34)44-21-37(10,39-11)24(3)4;1-3-2-5-4-1/h14,22-27,29-32,40H,12-13,15-21H2,1-11H3,(H,44,45);15,23-26,28-31,39H,13-14,16-22H2,1-12H3,(H,40,41);1-2H,(H,3,4,5)/t26-,27+,29-,30+,31-,32+,34-,35-,36-,37+,38-,39+;25-,26+,28-,29+,30-,31+,33-,34-,35-,36+,37-,38+;/m11./s1. The quantitative estimate of drug-likeness (QED) is 0.0877. The molecule has 0 spiro atoms. The van der Waals surface area contributed by atoms with Gasteiger partial charge in [-0.05, 0) is 197 Å². The van der Waals surface area contributed by atoms with E-state index < -0.39 is 11.9 Å². The predicted octanol–water partition coefficient (Wildman–Crippen LogP) is 14.8. The summed E-state index contributed by atoms with van der Waals surface area (Å²) in [6.45, 7) is 50.2. The van der Waals surface area contributed by atoms with Crippen molar-refractivity contribution < 1.29 is 43.5 Å². The highest BCUT2D eigenvalue weighted by Crippen LogP contribution is 2.78. The summed E-state index contributed by atoms with van der Waals surface area (Å²) >= 11 is 0. The van der Waals surface area contributed by atoms with Gasteiger partial charge in [0.05, 0.1) is 75.8 Å². The molecule has 24 atom stereocenters. The van der Waals surface area contributed by atoms with Gasteiger partial charge in [0, 0.05) is 39.8 Å². The Hall–Kier alpha value is -3.58. The molecule has 2 aliphatic heterocycles. The van der Waals surface area contributed by atoms with E-state index in [9.17, 15) is 19.8 Å². The van der Waals surface area contributed by atoms with Crippen LogP contribution in [0.2, 0.25) is 0 Å². The molecule has 2 saturated heterocycles. The number of hydrogen-bond donors (Lipinski definition) is 5. The summed E-state index contributed by atoms with van der Waals surface area (Å²) in [4.78, 5) is 34.7. The van der Waals surface area contributed by atoms with E-state index in [1.54, 1.807) is 17.5 Å². The summed E-state index contributed by atoms with van der Waals surface area (Å²) in [6.07, 6.45) is 23.4. The summed E-state index contributed by atoms with van der Waals surface area (Å²) in [5, 5.41) is 39.8. The van der Waals surface area contributed by atoms with Gasteiger partial charge in [-0.15, -0.1) is 0 Å². The van der Waals surface area contributed by atoms with Crippen LogP contribution in [0.15, 0.2) is 48.6 Å². The van der Waals surface area contributed by atoms with Crippen molar-refractivity contribution in [2.24, 2.45) is 125 Å². The number of aromatic nitrogens is 6. The number of likely N-dealkylation sites (N-methyl/N-ethyl adjacent to an activating group) is 2. The number of hydrogen-bond acceptors (Lipinski definition) is 13. The molecule has 0 radical (unpaired) electrons. The maximum atomic E-state index is 13.4. The first-order valence-electron chi connectivity index (χ1n) is 37.7. The van der Waals surface area contributed by atoms with Crippen molar-refractivity contribution in [3.8, 4) is 0 Å². The van der Waals surface area contributed by atoms with Crippen LogP contribution in [0.1, 0.15) is 222 Å². The molecular formula is C79H132N8O9. The number of nitrogens with one attached hydrogen (secondary N) is 3. The van der Waals surface area contributed by atoms with E-state index in [2.05, 4.69) is 186 Å². The van der Waals surface area contributed by atoms with Gasteiger partial charge >= 0.3 is 11.9 Å². The first-order valence-corrected chi connectivity index (χ1v) is 37.7. The second-order valence-electron chi connectivity index (χ2n) is 37.1. The van der Waals surface area contributed by atoms with Gasteiger partial charge < -0.3 is 44.5 Å². The molecular weight excluding hydrogens is 1200 g/mol. The van der Waals surface area contributed by atoms with Gasteiger partial charge in [0.25, 0.3) is 0 Å². The number of fused-ring (bicyclic) bond motifs is 6. The third-order valence-corrected chi connectivity index (χ3v) is 32.4. The van der Waals surface area contributed by atoms with Gasteiger partial charge in [-0.3, -0.25) is 14.7 Å². The fraction of sp³-hybridized carbons (Fsp3) is 0.873. The van der Waals surface area contributed by atoms with Gasteiger partial charge in [0.15, 0.2) is 0 Å². The molecule has 12 rings (SSSR count). The Morgan fingerprint density at radius 3 is 1.44 bits per heavy atom. The highest BCUT2D eigenvalue weighted by Gasteiger charge is 2.75. The molecule has 2 aromatic heterocycles. The maximum Gasteiger partial charge on any atom is 0.307 e. The van der Waals surface area contributed by atoms with Crippen LogP contribution in [0, 0.1) is 125 Å². The fourth-order valence-electron chi connectivity index (χ4n) is 24.4. The Labute approximate surface area is 578 Å². The lowest BCUT2D eigenvalue weighted by Crippen LogP contribution is -2.70. The van der Waals surface area contributed by atoms with Crippen molar-refractivity contribution in [1.29, 1.82) is 0 Å². The van der Waals surface area contributed by atoms with Crippen molar-refractivity contribution in [2.75, 3.05) is 60.8 Å². The third-order valence-electron chi connectivity index (χ3n) is 32.4. The Balaban J connectivity index is 0.000000195. The van der Waals surface area contributed by atoms with Crippen LogP contribution in [-0.2, 0) is 33.3 Å². The summed E-state index contributed by atoms with van der Waals surface area (Å²) in [5.41, 5.74) is 0.978. The Kier molecular flexibility index (Phi) is 20.9. The lowest BCUT2D eigenvalue weighted by atomic mass is 9.34. The number of rotatable bonds is 18. The molecule has 542 valence electrons. The van der Waals surface area contributed by atoms with Gasteiger partial charge in [-0.25, -0.2) is 14.6 Å². The number of ether oxygens (including phenoxy) is 5. The second kappa shape index (κ2) is 26.7. The zero-order chi connectivity index (χ0) is 70.6. The molecule has 96 heavy (non-hydrogen) atoms. The van der Waals surface area contributed by atoms with E-state index in [1.807, 2.05) is 27.5 Å². The summed E-state index contributed by atoms with van der Waals surface area (Å²) < 4.78 is 35.8. The van der Waals surface area contributed by atoms with Crippen molar-refractivity contribution in [3.05, 3.63) is 48.6 Å². The third kappa shape index (κ3) is 11.3. The summed E-state index contributed by atoms with van der Waals surface area (Å²) in [6, 6.07) is 0.0324. The average Bonchev–Trinajstić information content (AvgIpc) is 0.780. The minimum atomic E-state index is -0.607. The van der Waals surface area contributed by atoms with Crippen molar-refractivity contribution >= 4 is 11.9 Å². The van der Waals surface area contributed by atoms with Crippen LogP contribution in [-0.4, -0.2) is 142 Å². The fourth-order valence-corrected chi connectivity index (χ4v) is 24.4. The van der Waals surface area contributed by atoms with Crippen LogP contribution in [0.5, 0.6) is 0 Å². The molecule has 4 heterocycles. The van der Waals surface area contributed by atoms with Gasteiger partial charge in [-0.1, -0.05) is 148 Å². The van der Waals surface area contributed by atoms with E-state index in [0.717, 1.165) is 83.7 Å². The smallest absolute Gasteiger partial charge is 0.307 e. The first-order chi connectivity index (χ1) is 44.9. The van der Waals surface area contributed by atoms with Crippen molar-refractivity contribution in [3.63, 3.8) is 0 Å². The highest BCUT2D eigenvalue weighted by atomic mass is 16.5. The first kappa shape index (κ1) is 75.1. The Morgan fingerprint density at radius 2 is 1.07 bits per heavy atom. The van der Waals surface area contributed by atoms with E-state index in [0.29, 0.717) is 92.2 Å². The molecule has 8 fully saturated rings. The number of carboxylic acid groups (broad SMARTS) is 2. The molecule has 4 bridgehead atoms. The number of aliphatic carboxylic acids is 2. The molecule has 17 nitrogen and oxygen atoms in total. The zero-order valence-corrected chi connectivity index (χ0v) is 63.9. The van der Waals surface area contributed by atoms with E-state index >= 15 is 0 Å². The van der Waals surface area contributed by atoms with Crippen LogP contribution in [0.25, 0.3) is 0 Å². The van der Waals surface area contributed by atoms with E-state index in [-0.39, 0.29) is 101 Å². The Morgan fingerprint density at radius 1 is 0.625 bits per heavy atom. The van der Waals surface area contributed by atoms with E-state index in [1.165, 1.54) is 12.7 Å². The SMILES string of the molecule is CN[C@](C)(CO[C@H]1[C@H](OC)C[C@@]23COC[C@]1(C)[C@@H]2CC[C@H]1C3=CC[C@@]2(C)[C@H](C(=O)O)[C@@](C)([C@H](C)C(C)C)CC[C@]12C)C(C)C.CN[C@](C)(CO[C@H]1[C@H](n2cncn2)C[C@@]23COC[C@]1(C)[C@@H]2CC[C@H]1C3=CC[C@@]2(C)[C@H](C(=O)O)[C@@](C)([C@H](C)C(C)C)CC[C@]12C)C(C)C.c1nc[nH]n1. The molecule has 8 aliphatic carbocycles. The molecule has 6 saturated carbocycles. The van der Waals surface area contributed by atoms with Crippen LogP contribution in [0.3, 0.4) is 0 Å². The van der Waals surface area contributed by atoms with Crippen molar-refractivity contribution in [1.82, 2.24) is 40.6 Å². The lowest BCUT2D eigenvalue weighted by Gasteiger charge is -2.71. The van der Waals surface area contributed by atoms with Crippen molar-refractivity contribution in [2.45, 2.75) is 251 Å². The molecule has 5 N–H and O–H groups in total. The van der Waals surface area contributed by atoms with E-state index in [4.69, 9.17) is 28.8 Å². The molecule has 0 unspecified atom stereocenters. The number of carboxylic acids is 2. The number of H-pyrrole nitrogens is 1. The molecule has 10 aliphatic rings. The highest BCUT2D eigenvalue weighted by molar-refractivity contribution is 5.74. The monoisotopic (exact) mass is 1340 g/mol. The Bertz CT molecular complexity index is 3090. The van der Waals surface area contributed by atoms with Gasteiger partial charge in [0.1, 0.15) is 25.3 Å². The second-order valence-corrected chi connectivity index (χ2v) is 37.1. The number of nitrogens with zero attached hydrogens (tertiary/aromatic N) is 5. The maximum absolute atomic E-state index is 13.4. The number of carbonyl (C=O) groups is 2. The van der Waals surface area contributed by atoms with Gasteiger partial charge in [-0.2, -0.15) is 10.2 Å². The predicted molar refractivity (Wildman–Crippen MR) is 377 cm³/mol. The minimum Gasteiger partial charge on any atom is -0.481 e. The molecule has 0 amide bonds. The average molecular weight is 1340 g/mol. The minimum absolute atomic E-state index is 0.0116. The topological polar surface area (TPSA) is 217 Å². The normalized spacial score (nSPS) is 44.1. The molecule has 2 aromatic rings.